The third-order valence-electron chi connectivity index (χ3n) is 5.56. The van der Waals surface area contributed by atoms with Crippen molar-refractivity contribution in [3.8, 4) is 0 Å². The zero-order chi connectivity index (χ0) is 14.9. The predicted octanol–water partition coefficient (Wildman–Crippen LogP) is 2.65. The summed E-state index contributed by atoms with van der Waals surface area (Å²) >= 11 is 0. The van der Waals surface area contributed by atoms with Crippen molar-refractivity contribution in [1.82, 2.24) is 0 Å². The minimum atomic E-state index is -3.20. The van der Waals surface area contributed by atoms with E-state index in [1.165, 1.54) is 19.3 Å². The van der Waals surface area contributed by atoms with Gasteiger partial charge in [-0.1, -0.05) is 25.7 Å². The van der Waals surface area contributed by atoms with Crippen molar-refractivity contribution in [1.29, 1.82) is 0 Å². The molecule has 3 fully saturated rings. The summed E-state index contributed by atoms with van der Waals surface area (Å²) < 4.78 is 30.4. The first-order valence-corrected chi connectivity index (χ1v) is 10.1. The number of ketones is 1. The number of hydrogen-bond donors (Lipinski definition) is 0. The molecule has 3 aliphatic rings. The van der Waals surface area contributed by atoms with Crippen LogP contribution in [0.3, 0.4) is 0 Å². The van der Waals surface area contributed by atoms with Gasteiger partial charge in [0.15, 0.2) is 15.6 Å². The van der Waals surface area contributed by atoms with E-state index in [9.17, 15) is 13.2 Å². The molecule has 0 aromatic rings. The average Bonchev–Trinajstić information content (AvgIpc) is 2.47. The maximum absolute atomic E-state index is 12.8. The molecule has 0 bridgehead atoms. The molecule has 0 amide bonds. The third-order valence-corrected chi connectivity index (χ3v) is 7.75. The van der Waals surface area contributed by atoms with Crippen LogP contribution in [0.1, 0.15) is 64.2 Å². The lowest BCUT2D eigenvalue weighted by Crippen LogP contribution is -2.47. The molecule has 4 nitrogen and oxygen atoms in total. The van der Waals surface area contributed by atoms with E-state index >= 15 is 0 Å². The molecule has 1 saturated carbocycles. The van der Waals surface area contributed by atoms with E-state index < -0.39 is 15.1 Å². The monoisotopic (exact) mass is 314 g/mol. The Hall–Kier alpha value is -0.420. The molecule has 2 saturated heterocycles. The van der Waals surface area contributed by atoms with Gasteiger partial charge in [-0.2, -0.15) is 0 Å². The van der Waals surface area contributed by atoms with Crippen molar-refractivity contribution in [3.63, 3.8) is 0 Å². The largest absolute Gasteiger partial charge is 0.375 e. The molecule has 1 aliphatic carbocycles. The van der Waals surface area contributed by atoms with Crippen molar-refractivity contribution in [3.05, 3.63) is 0 Å². The summed E-state index contributed by atoms with van der Waals surface area (Å²) in [6, 6.07) is 0. The molecule has 0 aromatic heterocycles. The Balaban J connectivity index is 1.72. The van der Waals surface area contributed by atoms with Crippen LogP contribution in [-0.2, 0) is 19.4 Å². The van der Waals surface area contributed by atoms with Crippen LogP contribution < -0.4 is 0 Å². The lowest BCUT2D eigenvalue weighted by molar-refractivity contribution is -0.142. The number of carbonyl (C=O) groups excluding carboxylic acids is 1. The van der Waals surface area contributed by atoms with Gasteiger partial charge in [0.05, 0.1) is 11.4 Å². The topological polar surface area (TPSA) is 60.4 Å². The SMILES string of the molecule is O=C(C1CCOC2(CCCCC2)C1)C1CCCCS1(=O)=O. The molecule has 2 atom stereocenters. The minimum Gasteiger partial charge on any atom is -0.375 e. The van der Waals surface area contributed by atoms with Gasteiger partial charge in [0, 0.05) is 12.5 Å². The van der Waals surface area contributed by atoms with E-state index in [1.54, 1.807) is 0 Å². The van der Waals surface area contributed by atoms with Gasteiger partial charge in [0.2, 0.25) is 0 Å². The van der Waals surface area contributed by atoms with Gasteiger partial charge in [0.1, 0.15) is 5.25 Å². The lowest BCUT2D eigenvalue weighted by Gasteiger charge is -2.43. The third kappa shape index (κ3) is 3.19. The van der Waals surface area contributed by atoms with E-state index in [4.69, 9.17) is 4.74 Å². The molecule has 0 N–H and O–H groups in total. The van der Waals surface area contributed by atoms with E-state index in [1.807, 2.05) is 0 Å². The van der Waals surface area contributed by atoms with E-state index in [0.29, 0.717) is 25.9 Å². The Morgan fingerprint density at radius 1 is 1.00 bits per heavy atom. The van der Waals surface area contributed by atoms with E-state index in [2.05, 4.69) is 0 Å². The molecule has 21 heavy (non-hydrogen) atoms. The highest BCUT2D eigenvalue weighted by Gasteiger charge is 2.44. The van der Waals surface area contributed by atoms with Crippen LogP contribution in [0.15, 0.2) is 0 Å². The van der Waals surface area contributed by atoms with Gasteiger partial charge in [-0.25, -0.2) is 8.42 Å². The molecule has 2 unspecified atom stereocenters. The van der Waals surface area contributed by atoms with Crippen LogP contribution in [0.2, 0.25) is 0 Å². The van der Waals surface area contributed by atoms with Gasteiger partial charge in [-0.3, -0.25) is 4.79 Å². The molecule has 1 spiro atoms. The highest BCUT2D eigenvalue weighted by atomic mass is 32.2. The fourth-order valence-corrected chi connectivity index (χ4v) is 6.32. The van der Waals surface area contributed by atoms with Gasteiger partial charge in [0.25, 0.3) is 0 Å². The molecule has 2 aliphatic heterocycles. The van der Waals surface area contributed by atoms with Crippen molar-refractivity contribution in [2.24, 2.45) is 5.92 Å². The first-order valence-electron chi connectivity index (χ1n) is 8.42. The Morgan fingerprint density at radius 3 is 2.48 bits per heavy atom. The second-order valence-corrected chi connectivity index (χ2v) is 9.34. The summed E-state index contributed by atoms with van der Waals surface area (Å²) in [7, 11) is -3.20. The Bertz CT molecular complexity index is 485. The van der Waals surface area contributed by atoms with Crippen LogP contribution in [0.5, 0.6) is 0 Å². The van der Waals surface area contributed by atoms with Crippen LogP contribution in [0, 0.1) is 5.92 Å². The second kappa shape index (κ2) is 5.99. The zero-order valence-electron chi connectivity index (χ0n) is 12.7. The number of rotatable bonds is 2. The fraction of sp³-hybridized carbons (Fsp3) is 0.938. The normalized spacial score (nSPS) is 35.4. The zero-order valence-corrected chi connectivity index (χ0v) is 13.5. The Labute approximate surface area is 127 Å². The summed E-state index contributed by atoms with van der Waals surface area (Å²) in [5.41, 5.74) is -0.130. The van der Waals surface area contributed by atoms with Gasteiger partial charge in [-0.15, -0.1) is 0 Å². The fourth-order valence-electron chi connectivity index (χ4n) is 4.35. The molecule has 0 radical (unpaired) electrons. The second-order valence-electron chi connectivity index (χ2n) is 7.04. The number of carbonyl (C=O) groups is 1. The highest BCUT2D eigenvalue weighted by molar-refractivity contribution is 7.92. The summed E-state index contributed by atoms with van der Waals surface area (Å²) in [5.74, 6) is 0.0790. The van der Waals surface area contributed by atoms with E-state index in [0.717, 1.165) is 25.7 Å². The van der Waals surface area contributed by atoms with Crippen LogP contribution in [-0.4, -0.2) is 37.4 Å². The molecule has 120 valence electrons. The molecular formula is C16H26O4S. The summed E-state index contributed by atoms with van der Waals surface area (Å²) in [4.78, 5) is 12.8. The molecular weight excluding hydrogens is 288 g/mol. The molecule has 0 aromatic carbocycles. The standard InChI is InChI=1S/C16H26O4S/c17-15(14-6-2-5-11-21(14,18)19)13-7-10-20-16(12-13)8-3-1-4-9-16/h13-14H,1-12H2. The molecule has 2 heterocycles. The number of ether oxygens (including phenoxy) is 1. The first kappa shape index (κ1) is 15.5. The summed E-state index contributed by atoms with van der Waals surface area (Å²) in [6.07, 6.45) is 9.22. The maximum atomic E-state index is 12.8. The predicted molar refractivity (Wildman–Crippen MR) is 80.9 cm³/mol. The minimum absolute atomic E-state index is 0.0112. The Kier molecular flexibility index (Phi) is 4.42. The molecule has 5 heteroatoms. The molecule has 3 rings (SSSR count). The van der Waals surface area contributed by atoms with Gasteiger partial charge >= 0.3 is 0 Å². The average molecular weight is 314 g/mol. The van der Waals surface area contributed by atoms with Crippen molar-refractivity contribution in [2.45, 2.75) is 75.1 Å². The van der Waals surface area contributed by atoms with Crippen LogP contribution in [0.25, 0.3) is 0 Å². The van der Waals surface area contributed by atoms with Crippen molar-refractivity contribution >= 4 is 15.6 Å². The van der Waals surface area contributed by atoms with Crippen LogP contribution in [0.4, 0.5) is 0 Å². The summed E-state index contributed by atoms with van der Waals surface area (Å²) in [5, 5.41) is -0.727. The van der Waals surface area contributed by atoms with Gasteiger partial charge < -0.3 is 4.74 Å². The number of sulfone groups is 1. The maximum Gasteiger partial charge on any atom is 0.160 e. The Morgan fingerprint density at radius 2 is 1.76 bits per heavy atom. The number of hydrogen-bond acceptors (Lipinski definition) is 4. The summed E-state index contributed by atoms with van der Waals surface area (Å²) in [6.45, 7) is 0.614. The lowest BCUT2D eigenvalue weighted by atomic mass is 9.74. The first-order chi connectivity index (χ1) is 10.0. The number of Topliss-reactive ketones (excluding diaryl/α,β-unsaturated/α-hetero) is 1. The smallest absolute Gasteiger partial charge is 0.160 e. The van der Waals surface area contributed by atoms with E-state index in [-0.39, 0.29) is 23.1 Å². The van der Waals surface area contributed by atoms with Crippen molar-refractivity contribution in [2.75, 3.05) is 12.4 Å². The van der Waals surface area contributed by atoms with Crippen LogP contribution >= 0.6 is 0 Å². The van der Waals surface area contributed by atoms with Gasteiger partial charge in [-0.05, 0) is 38.5 Å². The quantitative estimate of drug-likeness (QED) is 0.786. The highest BCUT2D eigenvalue weighted by Crippen LogP contribution is 2.41. The van der Waals surface area contributed by atoms with Crippen molar-refractivity contribution < 1.29 is 17.9 Å².